The molecule has 0 bridgehead atoms. The van der Waals surface area contributed by atoms with Gasteiger partial charge in [-0.2, -0.15) is 0 Å². The summed E-state index contributed by atoms with van der Waals surface area (Å²) >= 11 is 2.45. The Morgan fingerprint density at radius 3 is 2.43 bits per heavy atom. The first kappa shape index (κ1) is 12.7. The summed E-state index contributed by atoms with van der Waals surface area (Å²) in [4.78, 5) is 0. The highest BCUT2D eigenvalue weighted by Gasteiger charge is 2.31. The zero-order valence-corrected chi connectivity index (χ0v) is 11.2. The van der Waals surface area contributed by atoms with Gasteiger partial charge in [0.1, 0.15) is 0 Å². The van der Waals surface area contributed by atoms with Gasteiger partial charge in [0.05, 0.1) is 18.8 Å². The molecule has 0 N–H and O–H groups in total. The first-order chi connectivity index (χ1) is 6.83. The van der Waals surface area contributed by atoms with Gasteiger partial charge in [-0.1, -0.05) is 41.9 Å². The number of rotatable bonds is 6. The van der Waals surface area contributed by atoms with Gasteiger partial charge >= 0.3 is 0 Å². The average molecular weight is 312 g/mol. The van der Waals surface area contributed by atoms with Gasteiger partial charge in [-0.15, -0.1) is 0 Å². The first-order valence-electron chi connectivity index (χ1n) is 5.61. The van der Waals surface area contributed by atoms with E-state index in [0.717, 1.165) is 24.2 Å². The molecule has 0 aromatic heterocycles. The van der Waals surface area contributed by atoms with E-state index in [4.69, 9.17) is 9.47 Å². The number of alkyl halides is 1. The Morgan fingerprint density at radius 1 is 1.14 bits per heavy atom. The van der Waals surface area contributed by atoms with E-state index in [1.807, 2.05) is 6.92 Å². The lowest BCUT2D eigenvalue weighted by atomic mass is 9.86. The van der Waals surface area contributed by atoms with Crippen LogP contribution in [0.4, 0.5) is 0 Å². The molecular weight excluding hydrogens is 291 g/mol. The predicted molar refractivity (Wildman–Crippen MR) is 67.1 cm³/mol. The molecular formula is C11H21IO2. The highest BCUT2D eigenvalue weighted by Crippen LogP contribution is 2.33. The van der Waals surface area contributed by atoms with Gasteiger partial charge in [0.25, 0.3) is 0 Å². The zero-order chi connectivity index (χ0) is 10.3. The monoisotopic (exact) mass is 312 g/mol. The van der Waals surface area contributed by atoms with Gasteiger partial charge in [0.2, 0.25) is 0 Å². The molecule has 0 unspecified atom stereocenters. The maximum atomic E-state index is 5.99. The fourth-order valence-corrected chi connectivity index (χ4v) is 2.96. The highest BCUT2D eigenvalue weighted by molar-refractivity contribution is 14.1. The van der Waals surface area contributed by atoms with Crippen LogP contribution in [0.3, 0.4) is 0 Å². The molecule has 0 aromatic rings. The van der Waals surface area contributed by atoms with Crippen molar-refractivity contribution in [1.82, 2.24) is 0 Å². The maximum absolute atomic E-state index is 5.99. The lowest BCUT2D eigenvalue weighted by Crippen LogP contribution is -2.37. The van der Waals surface area contributed by atoms with Crippen molar-refractivity contribution in [2.24, 2.45) is 0 Å². The molecule has 2 nitrogen and oxygen atoms in total. The predicted octanol–water partition coefficient (Wildman–Crippen LogP) is 3.18. The minimum Gasteiger partial charge on any atom is -0.379 e. The largest absolute Gasteiger partial charge is 0.379 e. The fraction of sp³-hybridized carbons (Fsp3) is 1.00. The summed E-state index contributed by atoms with van der Waals surface area (Å²) in [6.07, 6.45) is 6.52. The smallest absolute Gasteiger partial charge is 0.0772 e. The van der Waals surface area contributed by atoms with Crippen LogP contribution < -0.4 is 0 Å². The molecule has 3 heteroatoms. The van der Waals surface area contributed by atoms with Crippen LogP contribution in [-0.2, 0) is 9.47 Å². The van der Waals surface area contributed by atoms with Crippen molar-refractivity contribution >= 4 is 22.6 Å². The Bertz CT molecular complexity index is 144. The lowest BCUT2D eigenvalue weighted by molar-refractivity contribution is -0.0700. The summed E-state index contributed by atoms with van der Waals surface area (Å²) in [5.74, 6) is 0. The lowest BCUT2D eigenvalue weighted by Gasteiger charge is -2.35. The summed E-state index contributed by atoms with van der Waals surface area (Å²) in [7, 11) is 0. The molecule has 0 radical (unpaired) electrons. The summed E-state index contributed by atoms with van der Waals surface area (Å²) < 4.78 is 12.4. The van der Waals surface area contributed by atoms with E-state index in [2.05, 4.69) is 22.6 Å². The molecule has 1 rings (SSSR count). The van der Waals surface area contributed by atoms with Crippen LogP contribution in [-0.4, -0.2) is 29.8 Å². The van der Waals surface area contributed by atoms with E-state index >= 15 is 0 Å². The second kappa shape index (κ2) is 7.01. The van der Waals surface area contributed by atoms with Crippen LogP contribution in [0.2, 0.25) is 0 Å². The van der Waals surface area contributed by atoms with Crippen LogP contribution in [0.25, 0.3) is 0 Å². The Morgan fingerprint density at radius 2 is 1.86 bits per heavy atom. The molecule has 0 saturated heterocycles. The van der Waals surface area contributed by atoms with Gasteiger partial charge in [-0.05, 0) is 19.8 Å². The quantitative estimate of drug-likeness (QED) is 0.426. The molecule has 0 spiro atoms. The molecule has 14 heavy (non-hydrogen) atoms. The molecule has 0 heterocycles. The van der Waals surface area contributed by atoms with Gasteiger partial charge < -0.3 is 9.47 Å². The van der Waals surface area contributed by atoms with Crippen LogP contribution >= 0.6 is 22.6 Å². The third-order valence-corrected chi connectivity index (χ3v) is 4.24. The van der Waals surface area contributed by atoms with E-state index in [9.17, 15) is 0 Å². The van der Waals surface area contributed by atoms with E-state index in [-0.39, 0.29) is 5.60 Å². The minimum atomic E-state index is 0.176. The van der Waals surface area contributed by atoms with Crippen LogP contribution in [0, 0.1) is 0 Å². The van der Waals surface area contributed by atoms with Gasteiger partial charge in [0.15, 0.2) is 0 Å². The van der Waals surface area contributed by atoms with Crippen molar-refractivity contribution in [3.8, 4) is 0 Å². The van der Waals surface area contributed by atoms with E-state index < -0.39 is 0 Å². The summed E-state index contributed by atoms with van der Waals surface area (Å²) in [5, 5.41) is 0. The standard InChI is InChI=1S/C11H21IO2/c1-2-13-8-9-14-11(10-12)6-4-3-5-7-11/h2-10H2,1H3. The van der Waals surface area contributed by atoms with E-state index in [1.54, 1.807) is 0 Å². The van der Waals surface area contributed by atoms with Crippen molar-refractivity contribution in [2.45, 2.75) is 44.6 Å². The van der Waals surface area contributed by atoms with Crippen molar-refractivity contribution in [3.05, 3.63) is 0 Å². The fourth-order valence-electron chi connectivity index (χ4n) is 1.97. The number of hydrogen-bond acceptors (Lipinski definition) is 2. The van der Waals surface area contributed by atoms with Crippen LogP contribution in [0.5, 0.6) is 0 Å². The van der Waals surface area contributed by atoms with Crippen LogP contribution in [0.1, 0.15) is 39.0 Å². The SMILES string of the molecule is CCOCCOC1(CI)CCCCC1. The Labute approximate surface area is 101 Å². The number of hydrogen-bond donors (Lipinski definition) is 0. The Hall–Kier alpha value is 0.650. The van der Waals surface area contributed by atoms with Gasteiger partial charge in [-0.3, -0.25) is 0 Å². The van der Waals surface area contributed by atoms with Crippen molar-refractivity contribution in [2.75, 3.05) is 24.2 Å². The van der Waals surface area contributed by atoms with Crippen molar-refractivity contribution in [1.29, 1.82) is 0 Å². The average Bonchev–Trinajstić information content (AvgIpc) is 2.26. The Kier molecular flexibility index (Phi) is 6.37. The second-order valence-electron chi connectivity index (χ2n) is 3.92. The normalized spacial score (nSPS) is 21.0. The second-order valence-corrected chi connectivity index (χ2v) is 4.69. The summed E-state index contributed by atoms with van der Waals surface area (Å²) in [6, 6.07) is 0. The molecule has 0 aromatic carbocycles. The first-order valence-corrected chi connectivity index (χ1v) is 7.13. The third kappa shape index (κ3) is 4.03. The molecule has 0 atom stereocenters. The summed E-state index contributed by atoms with van der Waals surface area (Å²) in [5.41, 5.74) is 0.176. The molecule has 1 aliphatic rings. The topological polar surface area (TPSA) is 18.5 Å². The molecule has 1 saturated carbocycles. The van der Waals surface area contributed by atoms with E-state index in [0.29, 0.717) is 0 Å². The molecule has 1 aliphatic carbocycles. The zero-order valence-electron chi connectivity index (χ0n) is 9.06. The number of halogens is 1. The molecule has 1 fully saturated rings. The third-order valence-electron chi connectivity index (χ3n) is 2.85. The van der Waals surface area contributed by atoms with Crippen molar-refractivity contribution < 1.29 is 9.47 Å². The molecule has 84 valence electrons. The maximum Gasteiger partial charge on any atom is 0.0772 e. The summed E-state index contributed by atoms with van der Waals surface area (Å²) in [6.45, 7) is 4.32. The van der Waals surface area contributed by atoms with E-state index in [1.165, 1.54) is 32.1 Å². The molecule has 0 aliphatic heterocycles. The van der Waals surface area contributed by atoms with Gasteiger partial charge in [-0.25, -0.2) is 0 Å². The molecule has 0 amide bonds. The van der Waals surface area contributed by atoms with Crippen LogP contribution in [0.15, 0.2) is 0 Å². The number of ether oxygens (including phenoxy) is 2. The Balaban J connectivity index is 2.22. The minimum absolute atomic E-state index is 0.176. The van der Waals surface area contributed by atoms with Gasteiger partial charge in [0, 0.05) is 11.0 Å². The van der Waals surface area contributed by atoms with Crippen molar-refractivity contribution in [3.63, 3.8) is 0 Å². The highest BCUT2D eigenvalue weighted by atomic mass is 127.